The Morgan fingerprint density at radius 1 is 1.38 bits per heavy atom. The molecule has 0 saturated heterocycles. The summed E-state index contributed by atoms with van der Waals surface area (Å²) < 4.78 is 0.515. The molecule has 0 amide bonds. The number of benzene rings is 1. The van der Waals surface area contributed by atoms with E-state index in [1.165, 1.54) is 12.1 Å². The van der Waals surface area contributed by atoms with Crippen LogP contribution in [0.25, 0.3) is 0 Å². The third-order valence-corrected chi connectivity index (χ3v) is 2.39. The van der Waals surface area contributed by atoms with Crippen molar-refractivity contribution in [3.05, 3.63) is 22.2 Å². The van der Waals surface area contributed by atoms with E-state index in [4.69, 9.17) is 10.8 Å². The van der Waals surface area contributed by atoms with Crippen molar-refractivity contribution in [2.24, 2.45) is 5.73 Å². The summed E-state index contributed by atoms with van der Waals surface area (Å²) in [5.41, 5.74) is 5.44. The van der Waals surface area contributed by atoms with Crippen molar-refractivity contribution in [3.8, 4) is 11.5 Å². The first-order valence-corrected chi connectivity index (χ1v) is 4.45. The third-order valence-electron chi connectivity index (χ3n) is 1.70. The summed E-state index contributed by atoms with van der Waals surface area (Å²) in [7, 11) is 0. The predicted molar refractivity (Wildman–Crippen MR) is 51.5 cm³/mol. The zero-order chi connectivity index (χ0) is 10.0. The number of aromatic hydroxyl groups is 2. The fourth-order valence-corrected chi connectivity index (χ4v) is 1.59. The van der Waals surface area contributed by atoms with Gasteiger partial charge in [0.05, 0.1) is 6.10 Å². The maximum atomic E-state index is 9.39. The van der Waals surface area contributed by atoms with Gasteiger partial charge in [0.2, 0.25) is 0 Å². The standard InChI is InChI=1S/C8H10BrNO3/c9-4-1-2-5(11)8(13)7(4)6(12)3-10/h1-2,6,11-13H,3,10H2. The Morgan fingerprint density at radius 3 is 2.54 bits per heavy atom. The normalized spacial score (nSPS) is 12.8. The van der Waals surface area contributed by atoms with Crippen LogP contribution in [0.5, 0.6) is 11.5 Å². The van der Waals surface area contributed by atoms with Crippen LogP contribution in [-0.2, 0) is 0 Å². The van der Waals surface area contributed by atoms with Gasteiger partial charge >= 0.3 is 0 Å². The molecule has 0 spiro atoms. The molecular formula is C8H10BrNO3. The average molecular weight is 248 g/mol. The molecule has 1 aromatic carbocycles. The molecule has 0 bridgehead atoms. The zero-order valence-corrected chi connectivity index (χ0v) is 8.32. The van der Waals surface area contributed by atoms with Crippen LogP contribution in [0.1, 0.15) is 11.7 Å². The van der Waals surface area contributed by atoms with E-state index in [9.17, 15) is 10.2 Å². The van der Waals surface area contributed by atoms with Crippen LogP contribution in [0.3, 0.4) is 0 Å². The minimum atomic E-state index is -0.985. The van der Waals surface area contributed by atoms with Gasteiger partial charge in [0, 0.05) is 16.6 Å². The Labute approximate surface area is 83.8 Å². The monoisotopic (exact) mass is 247 g/mol. The lowest BCUT2D eigenvalue weighted by Gasteiger charge is -2.12. The van der Waals surface area contributed by atoms with E-state index in [0.29, 0.717) is 4.47 Å². The fourth-order valence-electron chi connectivity index (χ4n) is 1.01. The van der Waals surface area contributed by atoms with E-state index in [1.807, 2.05) is 0 Å². The van der Waals surface area contributed by atoms with Gasteiger partial charge in [-0.3, -0.25) is 0 Å². The second-order valence-electron chi connectivity index (χ2n) is 2.58. The maximum Gasteiger partial charge on any atom is 0.164 e. The van der Waals surface area contributed by atoms with Gasteiger partial charge in [-0.1, -0.05) is 15.9 Å². The molecule has 0 aliphatic carbocycles. The first kappa shape index (κ1) is 10.3. The van der Waals surface area contributed by atoms with E-state index in [0.717, 1.165) is 0 Å². The highest BCUT2D eigenvalue weighted by molar-refractivity contribution is 9.10. The van der Waals surface area contributed by atoms with Gasteiger partial charge in [-0.25, -0.2) is 0 Å². The second-order valence-corrected chi connectivity index (χ2v) is 3.43. The zero-order valence-electron chi connectivity index (χ0n) is 6.74. The lowest BCUT2D eigenvalue weighted by molar-refractivity contribution is 0.181. The second kappa shape index (κ2) is 3.95. The molecule has 5 heteroatoms. The Balaban J connectivity index is 3.25. The van der Waals surface area contributed by atoms with Crippen molar-refractivity contribution in [1.29, 1.82) is 0 Å². The van der Waals surface area contributed by atoms with E-state index in [1.54, 1.807) is 0 Å². The molecule has 0 aliphatic rings. The van der Waals surface area contributed by atoms with Gasteiger partial charge in [0.25, 0.3) is 0 Å². The minimum Gasteiger partial charge on any atom is -0.504 e. The first-order chi connectivity index (χ1) is 6.07. The number of aliphatic hydroxyl groups is 1. The number of rotatable bonds is 2. The number of aliphatic hydroxyl groups excluding tert-OH is 1. The number of phenols is 2. The molecule has 1 aromatic rings. The van der Waals surface area contributed by atoms with Crippen molar-refractivity contribution in [3.63, 3.8) is 0 Å². The Bertz CT molecular complexity index is 317. The molecular weight excluding hydrogens is 238 g/mol. The summed E-state index contributed by atoms with van der Waals surface area (Å²) in [6, 6.07) is 2.86. The van der Waals surface area contributed by atoms with Crippen molar-refractivity contribution >= 4 is 15.9 Å². The Kier molecular flexibility index (Phi) is 3.13. The van der Waals surface area contributed by atoms with Gasteiger partial charge in [-0.05, 0) is 12.1 Å². The first-order valence-electron chi connectivity index (χ1n) is 3.66. The Hall–Kier alpha value is -0.780. The minimum absolute atomic E-state index is 0.0182. The molecule has 0 radical (unpaired) electrons. The van der Waals surface area contributed by atoms with E-state index in [-0.39, 0.29) is 23.6 Å². The molecule has 0 aliphatic heterocycles. The van der Waals surface area contributed by atoms with Gasteiger partial charge in [-0.15, -0.1) is 0 Å². The summed E-state index contributed by atoms with van der Waals surface area (Å²) in [4.78, 5) is 0. The predicted octanol–water partition coefficient (Wildman–Crippen LogP) is 0.852. The summed E-state index contributed by atoms with van der Waals surface area (Å²) in [5, 5.41) is 27.9. The van der Waals surface area contributed by atoms with Gasteiger partial charge in [0.1, 0.15) is 0 Å². The molecule has 72 valence electrons. The number of hydrogen-bond acceptors (Lipinski definition) is 4. The molecule has 0 saturated carbocycles. The average Bonchev–Trinajstić information content (AvgIpc) is 2.12. The highest BCUT2D eigenvalue weighted by Crippen LogP contribution is 2.37. The third kappa shape index (κ3) is 1.93. The molecule has 13 heavy (non-hydrogen) atoms. The topological polar surface area (TPSA) is 86.7 Å². The van der Waals surface area contributed by atoms with Crippen molar-refractivity contribution in [2.45, 2.75) is 6.10 Å². The number of phenolic OH excluding ortho intramolecular Hbond substituents is 2. The molecule has 0 aromatic heterocycles. The molecule has 0 heterocycles. The SMILES string of the molecule is NCC(O)c1c(Br)ccc(O)c1O. The number of hydrogen-bond donors (Lipinski definition) is 4. The largest absolute Gasteiger partial charge is 0.504 e. The molecule has 0 fully saturated rings. The summed E-state index contributed by atoms with van der Waals surface area (Å²) in [5.74, 6) is -0.613. The highest BCUT2D eigenvalue weighted by Gasteiger charge is 2.17. The molecule has 5 N–H and O–H groups in total. The fraction of sp³-hybridized carbons (Fsp3) is 0.250. The van der Waals surface area contributed by atoms with Crippen LogP contribution in [-0.4, -0.2) is 21.9 Å². The Morgan fingerprint density at radius 2 is 2.00 bits per heavy atom. The highest BCUT2D eigenvalue weighted by atomic mass is 79.9. The summed E-state index contributed by atoms with van der Waals surface area (Å²) in [6.45, 7) is -0.0182. The molecule has 1 rings (SSSR count). The van der Waals surface area contributed by atoms with Crippen molar-refractivity contribution in [1.82, 2.24) is 0 Å². The lowest BCUT2D eigenvalue weighted by Crippen LogP contribution is -2.12. The summed E-state index contributed by atoms with van der Waals surface area (Å²) >= 11 is 3.14. The van der Waals surface area contributed by atoms with E-state index < -0.39 is 6.10 Å². The number of halogens is 1. The molecule has 1 unspecified atom stereocenters. The maximum absolute atomic E-state index is 9.39. The smallest absolute Gasteiger partial charge is 0.164 e. The van der Waals surface area contributed by atoms with Crippen LogP contribution >= 0.6 is 15.9 Å². The quantitative estimate of drug-likeness (QED) is 0.584. The van der Waals surface area contributed by atoms with Crippen LogP contribution in [0.15, 0.2) is 16.6 Å². The van der Waals surface area contributed by atoms with Gasteiger partial charge < -0.3 is 21.1 Å². The van der Waals surface area contributed by atoms with Crippen LogP contribution < -0.4 is 5.73 Å². The van der Waals surface area contributed by atoms with Crippen LogP contribution in [0.2, 0.25) is 0 Å². The van der Waals surface area contributed by atoms with Crippen molar-refractivity contribution in [2.75, 3.05) is 6.54 Å². The number of nitrogens with two attached hydrogens (primary N) is 1. The van der Waals surface area contributed by atoms with Crippen LogP contribution in [0, 0.1) is 0 Å². The lowest BCUT2D eigenvalue weighted by atomic mass is 10.1. The van der Waals surface area contributed by atoms with E-state index in [2.05, 4.69) is 15.9 Å². The molecule has 1 atom stereocenters. The molecule has 4 nitrogen and oxygen atoms in total. The van der Waals surface area contributed by atoms with Gasteiger partial charge in [-0.2, -0.15) is 0 Å². The van der Waals surface area contributed by atoms with Crippen LogP contribution in [0.4, 0.5) is 0 Å². The van der Waals surface area contributed by atoms with Crippen molar-refractivity contribution < 1.29 is 15.3 Å². The van der Waals surface area contributed by atoms with Gasteiger partial charge in [0.15, 0.2) is 11.5 Å². The van der Waals surface area contributed by atoms with E-state index >= 15 is 0 Å². The summed E-state index contributed by atoms with van der Waals surface area (Å²) in [6.07, 6.45) is -0.985.